The summed E-state index contributed by atoms with van der Waals surface area (Å²) in [5.74, 6) is 0.374. The van der Waals surface area contributed by atoms with Gasteiger partial charge >= 0.3 is 0 Å². The fourth-order valence-electron chi connectivity index (χ4n) is 4.21. The van der Waals surface area contributed by atoms with E-state index in [0.29, 0.717) is 31.7 Å². The van der Waals surface area contributed by atoms with Crippen molar-refractivity contribution in [3.05, 3.63) is 86.2 Å². The van der Waals surface area contributed by atoms with Crippen molar-refractivity contribution in [2.45, 2.75) is 37.8 Å². The van der Waals surface area contributed by atoms with Crippen molar-refractivity contribution in [2.24, 2.45) is 5.92 Å². The first kappa shape index (κ1) is 26.2. The van der Waals surface area contributed by atoms with Gasteiger partial charge in [0.2, 0.25) is 15.9 Å². The van der Waals surface area contributed by atoms with Crippen molar-refractivity contribution in [1.82, 2.24) is 9.21 Å². The Hall–Kier alpha value is -1.84. The lowest BCUT2D eigenvalue weighted by Crippen LogP contribution is -2.44. The van der Waals surface area contributed by atoms with Crippen molar-refractivity contribution in [3.8, 4) is 0 Å². The Morgan fingerprint density at radius 2 is 1.86 bits per heavy atom. The molecule has 0 unspecified atom stereocenters. The minimum absolute atomic E-state index is 0.0138. The van der Waals surface area contributed by atoms with E-state index in [0.717, 1.165) is 15.6 Å². The summed E-state index contributed by atoms with van der Waals surface area (Å²) < 4.78 is 34.1. The molecule has 0 atom stereocenters. The molecule has 0 N–H and O–H groups in total. The fourth-order valence-corrected chi connectivity index (χ4v) is 7.04. The number of piperidine rings is 1. The number of carbonyl (C=O) groups excluding carboxylic acids is 1. The maximum atomic E-state index is 13.6. The highest BCUT2D eigenvalue weighted by molar-refractivity contribution is 9.10. The van der Waals surface area contributed by atoms with Gasteiger partial charge in [-0.3, -0.25) is 4.79 Å². The van der Waals surface area contributed by atoms with Gasteiger partial charge in [-0.2, -0.15) is 4.31 Å². The van der Waals surface area contributed by atoms with Crippen molar-refractivity contribution in [1.29, 1.82) is 0 Å². The van der Waals surface area contributed by atoms with Gasteiger partial charge in [0.25, 0.3) is 0 Å². The van der Waals surface area contributed by atoms with E-state index in [2.05, 4.69) is 15.9 Å². The number of furan rings is 1. The Morgan fingerprint density at radius 1 is 1.11 bits per heavy atom. The number of amides is 1. The Bertz CT molecular complexity index is 1310. The summed E-state index contributed by atoms with van der Waals surface area (Å²) >= 11 is 15.8. The van der Waals surface area contributed by atoms with Crippen LogP contribution in [0.25, 0.3) is 0 Å². The van der Waals surface area contributed by atoms with Gasteiger partial charge in [0.05, 0.1) is 22.9 Å². The molecule has 1 fully saturated rings. The van der Waals surface area contributed by atoms with Gasteiger partial charge in [-0.15, -0.1) is 0 Å². The van der Waals surface area contributed by atoms with Gasteiger partial charge in [0, 0.05) is 30.0 Å². The highest BCUT2D eigenvalue weighted by atomic mass is 79.9. The predicted octanol–water partition coefficient (Wildman–Crippen LogP) is 6.29. The molecule has 1 aliphatic heterocycles. The Balaban J connectivity index is 1.49. The minimum Gasteiger partial charge on any atom is -0.467 e. The normalized spacial score (nSPS) is 15.3. The molecule has 6 nitrogen and oxygen atoms in total. The number of benzene rings is 2. The largest absolute Gasteiger partial charge is 0.467 e. The van der Waals surface area contributed by atoms with Crippen molar-refractivity contribution < 1.29 is 17.6 Å². The summed E-state index contributed by atoms with van der Waals surface area (Å²) in [6.07, 6.45) is 2.42. The molecule has 0 spiro atoms. The number of rotatable bonds is 7. The molecule has 2 aromatic carbocycles. The van der Waals surface area contributed by atoms with Gasteiger partial charge in [0.1, 0.15) is 10.7 Å². The smallest absolute Gasteiger partial charge is 0.244 e. The van der Waals surface area contributed by atoms with Crippen molar-refractivity contribution in [3.63, 3.8) is 0 Å². The zero-order valence-electron chi connectivity index (χ0n) is 19.1. The molecule has 35 heavy (non-hydrogen) atoms. The molecule has 0 saturated carbocycles. The second kappa shape index (κ2) is 11.0. The number of aryl methyl sites for hydroxylation is 1. The molecule has 10 heteroatoms. The molecule has 0 aliphatic carbocycles. The number of sulfonamides is 1. The average molecular weight is 600 g/mol. The monoisotopic (exact) mass is 598 g/mol. The standard InChI is InChI=1S/C25H25BrCl2N2O4S/c1-17-7-8-19(21(26)14-17)15-29(16-20-4-3-13-34-20)25(31)18-9-11-30(12-10-18)35(32,33)23-6-2-5-22(27)24(23)28/h2-8,13-14,18H,9-12,15-16H2,1H3. The first-order chi connectivity index (χ1) is 16.7. The minimum atomic E-state index is -3.81. The summed E-state index contributed by atoms with van der Waals surface area (Å²) in [5.41, 5.74) is 2.11. The summed E-state index contributed by atoms with van der Waals surface area (Å²) in [6.45, 7) is 3.22. The average Bonchev–Trinajstić information content (AvgIpc) is 3.35. The van der Waals surface area contributed by atoms with E-state index in [1.54, 1.807) is 29.4 Å². The van der Waals surface area contributed by atoms with Gasteiger partial charge in [-0.1, -0.05) is 57.3 Å². The molecule has 186 valence electrons. The van der Waals surface area contributed by atoms with Crippen LogP contribution in [0.4, 0.5) is 0 Å². The van der Waals surface area contributed by atoms with Crippen molar-refractivity contribution in [2.75, 3.05) is 13.1 Å². The fraction of sp³-hybridized carbons (Fsp3) is 0.320. The van der Waals surface area contributed by atoms with Gasteiger partial charge < -0.3 is 9.32 Å². The molecular weight excluding hydrogens is 575 g/mol. The SMILES string of the molecule is Cc1ccc(CN(Cc2ccco2)C(=O)C2CCN(S(=O)(=O)c3cccc(Cl)c3Cl)CC2)c(Br)c1. The van der Waals surface area contributed by atoms with E-state index in [9.17, 15) is 13.2 Å². The Labute approximate surface area is 224 Å². The molecule has 0 radical (unpaired) electrons. The van der Waals surface area contributed by atoms with Gasteiger partial charge in [-0.25, -0.2) is 8.42 Å². The van der Waals surface area contributed by atoms with E-state index in [1.807, 2.05) is 31.2 Å². The summed E-state index contributed by atoms with van der Waals surface area (Å²) in [4.78, 5) is 15.4. The molecule has 1 amide bonds. The highest BCUT2D eigenvalue weighted by Crippen LogP contribution is 2.33. The predicted molar refractivity (Wildman–Crippen MR) is 140 cm³/mol. The molecule has 0 bridgehead atoms. The lowest BCUT2D eigenvalue weighted by atomic mass is 9.96. The second-order valence-electron chi connectivity index (χ2n) is 8.60. The molecular formula is C25H25BrCl2N2O4S. The van der Waals surface area contributed by atoms with Crippen LogP contribution >= 0.6 is 39.1 Å². The molecule has 1 aliphatic rings. The zero-order chi connectivity index (χ0) is 25.2. The second-order valence-corrected chi connectivity index (χ2v) is 12.1. The highest BCUT2D eigenvalue weighted by Gasteiger charge is 2.35. The number of nitrogens with zero attached hydrogens (tertiary/aromatic N) is 2. The number of carbonyl (C=O) groups is 1. The molecule has 2 heterocycles. The van der Waals surface area contributed by atoms with Crippen molar-refractivity contribution >= 4 is 55.1 Å². The summed E-state index contributed by atoms with van der Waals surface area (Å²) in [7, 11) is -3.81. The molecule has 4 rings (SSSR count). The first-order valence-electron chi connectivity index (χ1n) is 11.2. The summed E-state index contributed by atoms with van der Waals surface area (Å²) in [5, 5.41) is 0.203. The van der Waals surface area contributed by atoms with Gasteiger partial charge in [0.15, 0.2) is 0 Å². The van der Waals surface area contributed by atoms with E-state index >= 15 is 0 Å². The lowest BCUT2D eigenvalue weighted by Gasteiger charge is -2.34. The third kappa shape index (κ3) is 5.94. The van der Waals surface area contributed by atoms with Crippen LogP contribution in [0, 0.1) is 12.8 Å². The first-order valence-corrected chi connectivity index (χ1v) is 14.2. The molecule has 1 aromatic heterocycles. The lowest BCUT2D eigenvalue weighted by molar-refractivity contribution is -0.138. The van der Waals surface area contributed by atoms with Crippen LogP contribution in [0.5, 0.6) is 0 Å². The Kier molecular flexibility index (Phi) is 8.28. The van der Waals surface area contributed by atoms with Crippen LogP contribution < -0.4 is 0 Å². The number of hydrogen-bond donors (Lipinski definition) is 0. The molecule has 1 saturated heterocycles. The van der Waals surface area contributed by atoms with Crippen LogP contribution in [0.3, 0.4) is 0 Å². The zero-order valence-corrected chi connectivity index (χ0v) is 23.0. The maximum Gasteiger partial charge on any atom is 0.244 e. The van der Waals surface area contributed by atoms with Crippen LogP contribution in [-0.2, 0) is 27.9 Å². The topological polar surface area (TPSA) is 70.8 Å². The van der Waals surface area contributed by atoms with Crippen LogP contribution in [0.2, 0.25) is 10.0 Å². The van der Waals surface area contributed by atoms with E-state index in [-0.39, 0.29) is 39.9 Å². The third-order valence-corrected chi connectivity index (χ3v) is 9.76. The van der Waals surface area contributed by atoms with E-state index < -0.39 is 10.0 Å². The third-order valence-electron chi connectivity index (χ3n) is 6.15. The van der Waals surface area contributed by atoms with E-state index in [1.165, 1.54) is 10.4 Å². The van der Waals surface area contributed by atoms with Gasteiger partial charge in [-0.05, 0) is 61.2 Å². The van der Waals surface area contributed by atoms with Crippen LogP contribution in [-0.4, -0.2) is 36.6 Å². The number of hydrogen-bond acceptors (Lipinski definition) is 4. The van der Waals surface area contributed by atoms with E-state index in [4.69, 9.17) is 27.6 Å². The number of halogens is 3. The summed E-state index contributed by atoms with van der Waals surface area (Å²) in [6, 6.07) is 14.2. The van der Waals surface area contributed by atoms with Crippen LogP contribution in [0.1, 0.15) is 29.7 Å². The maximum absolute atomic E-state index is 13.6. The quantitative estimate of drug-likeness (QED) is 0.320. The Morgan fingerprint density at radius 3 is 2.51 bits per heavy atom. The molecule has 3 aromatic rings. The van der Waals surface area contributed by atoms with Crippen LogP contribution in [0.15, 0.2) is 68.6 Å².